The van der Waals surface area contributed by atoms with Gasteiger partial charge in [0.1, 0.15) is 0 Å². The predicted octanol–water partition coefficient (Wildman–Crippen LogP) is 3.79. The average Bonchev–Trinajstić information content (AvgIpc) is 3.05. The number of rotatable bonds is 4. The highest BCUT2D eigenvalue weighted by Gasteiger charge is 2.40. The van der Waals surface area contributed by atoms with E-state index in [2.05, 4.69) is 10.1 Å². The third-order valence-corrected chi connectivity index (χ3v) is 6.89. The summed E-state index contributed by atoms with van der Waals surface area (Å²) in [5.74, 6) is 0.783. The molecule has 0 N–H and O–H groups in total. The number of hydrogen-bond acceptors (Lipinski definition) is 5. The summed E-state index contributed by atoms with van der Waals surface area (Å²) < 4.78 is 32.5. The number of aryl methyl sites for hydroxylation is 2. The molecule has 1 aliphatic heterocycles. The molecular formula is C19H18ClN3O3S. The SMILES string of the molecule is Cc1ccc(C)c(S(=O)(=O)N2CC(c3nc(-c4cccc(Cl)c4)no3)C2)c1. The van der Waals surface area contributed by atoms with Gasteiger partial charge in [0.2, 0.25) is 21.7 Å². The first-order chi connectivity index (χ1) is 12.8. The molecule has 3 aromatic rings. The van der Waals surface area contributed by atoms with Crippen molar-refractivity contribution < 1.29 is 12.9 Å². The monoisotopic (exact) mass is 403 g/mol. The Bertz CT molecular complexity index is 1100. The number of hydrogen-bond donors (Lipinski definition) is 0. The van der Waals surface area contributed by atoms with Crippen molar-refractivity contribution in [3.63, 3.8) is 0 Å². The molecule has 0 bridgehead atoms. The van der Waals surface area contributed by atoms with Crippen molar-refractivity contribution in [2.75, 3.05) is 13.1 Å². The van der Waals surface area contributed by atoms with E-state index < -0.39 is 10.0 Å². The third kappa shape index (κ3) is 3.38. The maximum Gasteiger partial charge on any atom is 0.243 e. The van der Waals surface area contributed by atoms with E-state index in [1.807, 2.05) is 31.2 Å². The van der Waals surface area contributed by atoms with E-state index in [9.17, 15) is 8.42 Å². The highest BCUT2D eigenvalue weighted by molar-refractivity contribution is 7.89. The van der Waals surface area contributed by atoms with Crippen molar-refractivity contribution in [3.05, 3.63) is 64.5 Å². The van der Waals surface area contributed by atoms with Crippen LogP contribution in [0.15, 0.2) is 51.9 Å². The Morgan fingerprint density at radius 3 is 2.67 bits per heavy atom. The lowest BCUT2D eigenvalue weighted by Crippen LogP contribution is -2.48. The van der Waals surface area contributed by atoms with Gasteiger partial charge in [-0.1, -0.05) is 41.0 Å². The maximum atomic E-state index is 12.9. The van der Waals surface area contributed by atoms with Gasteiger partial charge >= 0.3 is 0 Å². The van der Waals surface area contributed by atoms with Crippen LogP contribution in [0.5, 0.6) is 0 Å². The van der Waals surface area contributed by atoms with E-state index in [1.54, 1.807) is 25.1 Å². The Balaban J connectivity index is 1.51. The van der Waals surface area contributed by atoms with Crippen LogP contribution in [0.2, 0.25) is 5.02 Å². The quantitative estimate of drug-likeness (QED) is 0.662. The second-order valence-corrected chi connectivity index (χ2v) is 9.10. The molecule has 1 aromatic heterocycles. The molecule has 0 radical (unpaired) electrons. The van der Waals surface area contributed by atoms with E-state index in [1.165, 1.54) is 4.31 Å². The molecular weight excluding hydrogens is 386 g/mol. The van der Waals surface area contributed by atoms with Crippen molar-refractivity contribution >= 4 is 21.6 Å². The minimum Gasteiger partial charge on any atom is -0.339 e. The summed E-state index contributed by atoms with van der Waals surface area (Å²) >= 11 is 5.99. The molecule has 27 heavy (non-hydrogen) atoms. The second kappa shape index (κ2) is 6.74. The van der Waals surface area contributed by atoms with Crippen LogP contribution in [-0.2, 0) is 10.0 Å². The first-order valence-corrected chi connectivity index (χ1v) is 10.3. The lowest BCUT2D eigenvalue weighted by molar-refractivity contribution is 0.216. The Labute approximate surface area is 162 Å². The van der Waals surface area contributed by atoms with Crippen molar-refractivity contribution in [1.82, 2.24) is 14.4 Å². The van der Waals surface area contributed by atoms with E-state index in [4.69, 9.17) is 16.1 Å². The molecule has 0 spiro atoms. The topological polar surface area (TPSA) is 76.3 Å². The van der Waals surface area contributed by atoms with Gasteiger partial charge in [0.25, 0.3) is 0 Å². The first-order valence-electron chi connectivity index (χ1n) is 8.51. The van der Waals surface area contributed by atoms with Gasteiger partial charge in [-0.3, -0.25) is 0 Å². The lowest BCUT2D eigenvalue weighted by atomic mass is 10.0. The molecule has 0 aliphatic carbocycles. The van der Waals surface area contributed by atoms with Gasteiger partial charge in [0, 0.05) is 23.7 Å². The van der Waals surface area contributed by atoms with Crippen LogP contribution in [0.3, 0.4) is 0 Å². The van der Waals surface area contributed by atoms with Crippen LogP contribution in [-0.4, -0.2) is 36.0 Å². The molecule has 1 saturated heterocycles. The van der Waals surface area contributed by atoms with Crippen LogP contribution in [0.1, 0.15) is 22.9 Å². The summed E-state index contributed by atoms with van der Waals surface area (Å²) in [6.45, 7) is 4.34. The standard InChI is InChI=1S/C19H18ClN3O3S/c1-12-6-7-13(2)17(8-12)27(24,25)23-10-15(11-23)19-21-18(22-26-19)14-4-3-5-16(20)9-14/h3-9,15H,10-11H2,1-2H3. The molecule has 2 heterocycles. The van der Waals surface area contributed by atoms with Gasteiger partial charge in [-0.05, 0) is 43.2 Å². The van der Waals surface area contributed by atoms with Crippen molar-refractivity contribution in [2.24, 2.45) is 0 Å². The van der Waals surface area contributed by atoms with Crippen LogP contribution in [0.4, 0.5) is 0 Å². The summed E-state index contributed by atoms with van der Waals surface area (Å²) in [5, 5.41) is 4.58. The van der Waals surface area contributed by atoms with Gasteiger partial charge < -0.3 is 4.52 Å². The average molecular weight is 404 g/mol. The van der Waals surface area contributed by atoms with Crippen molar-refractivity contribution in [2.45, 2.75) is 24.7 Å². The zero-order valence-electron chi connectivity index (χ0n) is 14.9. The fourth-order valence-electron chi connectivity index (χ4n) is 3.06. The smallest absolute Gasteiger partial charge is 0.243 e. The van der Waals surface area contributed by atoms with Gasteiger partial charge in [0.15, 0.2) is 0 Å². The van der Waals surface area contributed by atoms with E-state index in [0.717, 1.165) is 16.7 Å². The number of aromatic nitrogens is 2. The molecule has 1 fully saturated rings. The van der Waals surface area contributed by atoms with Crippen molar-refractivity contribution in [3.8, 4) is 11.4 Å². The molecule has 8 heteroatoms. The molecule has 1 aliphatic rings. The van der Waals surface area contributed by atoms with Gasteiger partial charge in [-0.2, -0.15) is 9.29 Å². The minimum absolute atomic E-state index is 0.106. The number of nitrogens with zero attached hydrogens (tertiary/aromatic N) is 3. The highest BCUT2D eigenvalue weighted by atomic mass is 35.5. The minimum atomic E-state index is -3.52. The highest BCUT2D eigenvalue weighted by Crippen LogP contribution is 2.33. The van der Waals surface area contributed by atoms with Gasteiger partial charge in [-0.15, -0.1) is 0 Å². The van der Waals surface area contributed by atoms with Crippen LogP contribution in [0, 0.1) is 13.8 Å². The van der Waals surface area contributed by atoms with Crippen molar-refractivity contribution in [1.29, 1.82) is 0 Å². The molecule has 2 aromatic carbocycles. The van der Waals surface area contributed by atoms with Crippen LogP contribution >= 0.6 is 11.6 Å². The predicted molar refractivity (Wildman–Crippen MR) is 102 cm³/mol. The fourth-order valence-corrected chi connectivity index (χ4v) is 5.09. The zero-order valence-corrected chi connectivity index (χ0v) is 16.5. The number of benzene rings is 2. The maximum absolute atomic E-state index is 12.9. The first kappa shape index (κ1) is 18.2. The lowest BCUT2D eigenvalue weighted by Gasteiger charge is -2.36. The van der Waals surface area contributed by atoms with E-state index in [-0.39, 0.29) is 5.92 Å². The largest absolute Gasteiger partial charge is 0.339 e. The summed E-state index contributed by atoms with van der Waals surface area (Å²) in [5.41, 5.74) is 2.42. The molecule has 0 saturated carbocycles. The summed E-state index contributed by atoms with van der Waals surface area (Å²) in [6, 6.07) is 12.6. The Hall–Kier alpha value is -2.22. The summed E-state index contributed by atoms with van der Waals surface area (Å²) in [6.07, 6.45) is 0. The molecule has 0 unspecified atom stereocenters. The van der Waals surface area contributed by atoms with E-state index in [0.29, 0.717) is 34.7 Å². The summed E-state index contributed by atoms with van der Waals surface area (Å²) in [7, 11) is -3.52. The second-order valence-electron chi connectivity index (χ2n) is 6.75. The molecule has 6 nitrogen and oxygen atoms in total. The van der Waals surface area contributed by atoms with Gasteiger partial charge in [-0.25, -0.2) is 8.42 Å². The summed E-state index contributed by atoms with van der Waals surface area (Å²) in [4.78, 5) is 4.76. The molecule has 140 valence electrons. The zero-order chi connectivity index (χ0) is 19.2. The molecule has 0 atom stereocenters. The fraction of sp³-hybridized carbons (Fsp3) is 0.263. The Morgan fingerprint density at radius 1 is 1.15 bits per heavy atom. The normalized spacial score (nSPS) is 15.7. The Kier molecular flexibility index (Phi) is 4.53. The van der Waals surface area contributed by atoms with E-state index >= 15 is 0 Å². The molecule has 4 rings (SSSR count). The third-order valence-electron chi connectivity index (χ3n) is 4.68. The Morgan fingerprint density at radius 2 is 1.93 bits per heavy atom. The van der Waals surface area contributed by atoms with Crippen LogP contribution < -0.4 is 0 Å². The number of halogens is 1. The van der Waals surface area contributed by atoms with Gasteiger partial charge in [0.05, 0.1) is 10.8 Å². The number of sulfonamides is 1. The van der Waals surface area contributed by atoms with Crippen LogP contribution in [0.25, 0.3) is 11.4 Å². The molecule has 0 amide bonds.